The number of ether oxygens (including phenoxy) is 2. The van der Waals surface area contributed by atoms with Crippen molar-refractivity contribution in [2.45, 2.75) is 25.4 Å². The summed E-state index contributed by atoms with van der Waals surface area (Å²) in [7, 11) is -4.24. The van der Waals surface area contributed by atoms with Gasteiger partial charge in [-0.25, -0.2) is 0 Å². The average molecular weight is 408 g/mol. The number of methoxy groups -OCH3 is 2. The molecule has 0 spiro atoms. The third-order valence-corrected chi connectivity index (χ3v) is 5.38. The fourth-order valence-corrected chi connectivity index (χ4v) is 4.17. The molecule has 1 aliphatic rings. The minimum atomic E-state index is -3.72. The van der Waals surface area contributed by atoms with E-state index in [0.717, 1.165) is 18.1 Å². The molecule has 1 aromatic carbocycles. The second kappa shape index (κ2) is 8.12. The highest BCUT2D eigenvalue weighted by molar-refractivity contribution is 7.86. The van der Waals surface area contributed by atoms with E-state index in [1.54, 1.807) is 6.07 Å². The number of hydrogen-bond donors (Lipinski definition) is 0. The van der Waals surface area contributed by atoms with Crippen LogP contribution in [0.4, 0.5) is 0 Å². The van der Waals surface area contributed by atoms with Crippen LogP contribution < -0.4 is 9.47 Å². The first-order valence-electron chi connectivity index (χ1n) is 8.01. The predicted octanol–water partition coefficient (Wildman–Crippen LogP) is 1.65. The molecule has 26 heavy (non-hydrogen) atoms. The summed E-state index contributed by atoms with van der Waals surface area (Å²) in [4.78, 5) is 0. The third kappa shape index (κ3) is 5.57. The Labute approximate surface area is 154 Å². The molecule has 0 aliphatic heterocycles. The maximum atomic E-state index is 11.8. The summed E-state index contributed by atoms with van der Waals surface area (Å²) in [5.74, 6) is 0.821. The van der Waals surface area contributed by atoms with Crippen LogP contribution in [-0.4, -0.2) is 50.2 Å². The zero-order chi connectivity index (χ0) is 19.5. The van der Waals surface area contributed by atoms with Gasteiger partial charge in [-0.15, -0.1) is 0 Å². The standard InChI is InChI=1S/C16H24O8S2/c1-21-14-9-12-6-5-11(7-8-23-25(3,17)18)16(24-26(4,19)20)13(12)10-15(14)22-2/h9-11,16H,5-8H2,1-4H3. The van der Waals surface area contributed by atoms with Crippen molar-refractivity contribution in [3.63, 3.8) is 0 Å². The van der Waals surface area contributed by atoms with Gasteiger partial charge in [-0.3, -0.25) is 8.37 Å². The van der Waals surface area contributed by atoms with Gasteiger partial charge >= 0.3 is 0 Å². The van der Waals surface area contributed by atoms with Crippen LogP contribution in [0.1, 0.15) is 30.1 Å². The maximum Gasteiger partial charge on any atom is 0.264 e. The average Bonchev–Trinajstić information content (AvgIpc) is 2.53. The molecule has 1 aromatic rings. The maximum absolute atomic E-state index is 11.8. The number of fused-ring (bicyclic) bond motifs is 1. The summed E-state index contributed by atoms with van der Waals surface area (Å²) in [6.45, 7) is -0.0320. The van der Waals surface area contributed by atoms with Crippen molar-refractivity contribution in [2.75, 3.05) is 33.3 Å². The Kier molecular flexibility index (Phi) is 6.54. The Hall–Kier alpha value is -1.36. The molecule has 0 heterocycles. The van der Waals surface area contributed by atoms with Gasteiger partial charge in [-0.05, 0) is 48.4 Å². The first-order valence-corrected chi connectivity index (χ1v) is 11.6. The second-order valence-corrected chi connectivity index (χ2v) is 9.49. The van der Waals surface area contributed by atoms with E-state index in [2.05, 4.69) is 0 Å². The molecule has 8 nitrogen and oxygen atoms in total. The molecular weight excluding hydrogens is 384 g/mol. The van der Waals surface area contributed by atoms with Crippen LogP contribution in [0, 0.1) is 5.92 Å². The molecule has 0 saturated heterocycles. The quantitative estimate of drug-likeness (QED) is 0.598. The fourth-order valence-electron chi connectivity index (χ4n) is 3.13. The highest BCUT2D eigenvalue weighted by atomic mass is 32.2. The Morgan fingerprint density at radius 1 is 1.00 bits per heavy atom. The van der Waals surface area contributed by atoms with Crippen molar-refractivity contribution >= 4 is 20.2 Å². The first-order chi connectivity index (χ1) is 12.0. The normalized spacial score (nSPS) is 20.5. The van der Waals surface area contributed by atoms with Gasteiger partial charge in [0, 0.05) is 0 Å². The first kappa shape index (κ1) is 20.9. The van der Waals surface area contributed by atoms with Crippen LogP contribution in [0.25, 0.3) is 0 Å². The summed E-state index contributed by atoms with van der Waals surface area (Å²) in [6.07, 6.45) is 2.90. The van der Waals surface area contributed by atoms with E-state index in [4.69, 9.17) is 17.8 Å². The zero-order valence-electron chi connectivity index (χ0n) is 15.2. The van der Waals surface area contributed by atoms with Crippen LogP contribution in [0.2, 0.25) is 0 Å². The van der Waals surface area contributed by atoms with Crippen LogP contribution >= 0.6 is 0 Å². The lowest BCUT2D eigenvalue weighted by molar-refractivity contribution is 0.108. The van der Waals surface area contributed by atoms with E-state index < -0.39 is 26.3 Å². The van der Waals surface area contributed by atoms with Gasteiger partial charge in [0.25, 0.3) is 20.2 Å². The Morgan fingerprint density at radius 3 is 2.15 bits per heavy atom. The summed E-state index contributed by atoms with van der Waals surface area (Å²) >= 11 is 0. The monoisotopic (exact) mass is 408 g/mol. The molecule has 0 saturated carbocycles. The van der Waals surface area contributed by atoms with Crippen LogP contribution in [-0.2, 0) is 35.0 Å². The van der Waals surface area contributed by atoms with Gasteiger partial charge in [-0.2, -0.15) is 16.8 Å². The number of hydrogen-bond acceptors (Lipinski definition) is 8. The molecule has 10 heteroatoms. The van der Waals surface area contributed by atoms with Gasteiger partial charge in [-0.1, -0.05) is 0 Å². The molecule has 2 unspecified atom stereocenters. The van der Waals surface area contributed by atoms with E-state index >= 15 is 0 Å². The fraction of sp³-hybridized carbons (Fsp3) is 0.625. The molecule has 1 aliphatic carbocycles. The topological polar surface area (TPSA) is 105 Å². The second-order valence-electron chi connectivity index (χ2n) is 6.24. The zero-order valence-corrected chi connectivity index (χ0v) is 16.9. The summed E-state index contributed by atoms with van der Waals surface area (Å²) in [5.41, 5.74) is 1.61. The van der Waals surface area contributed by atoms with Gasteiger partial charge in [0.15, 0.2) is 11.5 Å². The smallest absolute Gasteiger partial charge is 0.264 e. The van der Waals surface area contributed by atoms with Gasteiger partial charge in [0.1, 0.15) is 6.10 Å². The highest BCUT2D eigenvalue weighted by Gasteiger charge is 2.34. The van der Waals surface area contributed by atoms with Gasteiger partial charge < -0.3 is 9.47 Å². The minimum absolute atomic E-state index is 0.0320. The van der Waals surface area contributed by atoms with Crippen molar-refractivity contribution in [3.8, 4) is 11.5 Å². The molecule has 0 amide bonds. The summed E-state index contributed by atoms with van der Waals surface area (Å²) in [6, 6.07) is 3.53. The number of rotatable bonds is 8. The minimum Gasteiger partial charge on any atom is -0.493 e. The molecule has 0 N–H and O–H groups in total. The highest BCUT2D eigenvalue weighted by Crippen LogP contribution is 2.44. The van der Waals surface area contributed by atoms with Crippen LogP contribution in [0.5, 0.6) is 11.5 Å². The summed E-state index contributed by atoms with van der Waals surface area (Å²) in [5, 5.41) is 0. The van der Waals surface area contributed by atoms with E-state index in [1.165, 1.54) is 14.2 Å². The van der Waals surface area contributed by atoms with E-state index in [0.29, 0.717) is 36.3 Å². The molecule has 0 aromatic heterocycles. The molecule has 0 bridgehead atoms. The molecular formula is C16H24O8S2. The lowest BCUT2D eigenvalue weighted by Crippen LogP contribution is -2.26. The molecule has 2 rings (SSSR count). The van der Waals surface area contributed by atoms with Gasteiger partial charge in [0.2, 0.25) is 0 Å². The largest absolute Gasteiger partial charge is 0.493 e. The van der Waals surface area contributed by atoms with E-state index in [9.17, 15) is 16.8 Å². The molecule has 0 fully saturated rings. The van der Waals surface area contributed by atoms with Crippen molar-refractivity contribution in [2.24, 2.45) is 5.92 Å². The van der Waals surface area contributed by atoms with Crippen molar-refractivity contribution < 1.29 is 34.7 Å². The van der Waals surface area contributed by atoms with E-state index in [1.807, 2.05) is 6.07 Å². The molecule has 0 radical (unpaired) electrons. The number of aryl methyl sites for hydroxylation is 1. The number of benzene rings is 1. The Morgan fingerprint density at radius 2 is 1.62 bits per heavy atom. The van der Waals surface area contributed by atoms with Crippen LogP contribution in [0.3, 0.4) is 0 Å². The van der Waals surface area contributed by atoms with E-state index in [-0.39, 0.29) is 12.5 Å². The predicted molar refractivity (Wildman–Crippen MR) is 95.4 cm³/mol. The Bertz CT molecular complexity index is 845. The van der Waals surface area contributed by atoms with Gasteiger partial charge in [0.05, 0.1) is 33.3 Å². The Balaban J connectivity index is 2.35. The lowest BCUT2D eigenvalue weighted by Gasteiger charge is -2.33. The molecule has 148 valence electrons. The summed E-state index contributed by atoms with van der Waals surface area (Å²) < 4.78 is 66.6. The SMILES string of the molecule is COc1cc2c(cc1OC)C(OS(C)(=O)=O)C(CCOS(C)(=O)=O)CC2. The van der Waals surface area contributed by atoms with Crippen molar-refractivity contribution in [1.82, 2.24) is 0 Å². The van der Waals surface area contributed by atoms with Crippen molar-refractivity contribution in [1.29, 1.82) is 0 Å². The lowest BCUT2D eigenvalue weighted by atomic mass is 9.80. The molecule has 2 atom stereocenters. The van der Waals surface area contributed by atoms with Crippen molar-refractivity contribution in [3.05, 3.63) is 23.3 Å². The third-order valence-electron chi connectivity index (χ3n) is 4.23. The van der Waals surface area contributed by atoms with Crippen LogP contribution in [0.15, 0.2) is 12.1 Å².